The average molecular weight is 375 g/mol. The zero-order chi connectivity index (χ0) is 18.7. The standard InChI is InChI=1S/C19H25N3O3S/c1-19(2,3)25-18(23)22-10-8-14(9-11-22)13-26(24)17-12-20-15-6-4-5-7-16(15)21-17/h4-7,12,14H,8-11,13H2,1-3H3/t26-/m1/s1. The number of nitrogens with zero attached hydrogens (tertiary/aromatic N) is 3. The van der Waals surface area contributed by atoms with Crippen LogP contribution in [0, 0.1) is 5.92 Å². The SMILES string of the molecule is CC(C)(C)OC(=O)N1CCC(C[S@@](=O)c2cnc3ccccc3n2)CC1. The number of benzene rings is 1. The normalized spacial score (nSPS) is 17.3. The predicted octanol–water partition coefficient (Wildman–Crippen LogP) is 3.38. The van der Waals surface area contributed by atoms with Gasteiger partial charge in [0.1, 0.15) is 10.6 Å². The molecular weight excluding hydrogens is 350 g/mol. The number of carbonyl (C=O) groups is 1. The number of aromatic nitrogens is 2. The average Bonchev–Trinajstić information content (AvgIpc) is 2.60. The summed E-state index contributed by atoms with van der Waals surface area (Å²) in [5.41, 5.74) is 1.08. The third-order valence-corrected chi connectivity index (χ3v) is 5.75. The van der Waals surface area contributed by atoms with Crippen LogP contribution in [0.5, 0.6) is 0 Å². The first kappa shape index (κ1) is 18.8. The fraction of sp³-hybridized carbons (Fsp3) is 0.526. The van der Waals surface area contributed by atoms with Crippen LogP contribution < -0.4 is 0 Å². The fourth-order valence-electron chi connectivity index (χ4n) is 2.96. The van der Waals surface area contributed by atoms with Crippen molar-refractivity contribution in [1.29, 1.82) is 0 Å². The first-order valence-corrected chi connectivity index (χ1v) is 10.2. The summed E-state index contributed by atoms with van der Waals surface area (Å²) in [5.74, 6) is 0.859. The van der Waals surface area contributed by atoms with Gasteiger partial charge in [0.05, 0.1) is 28.0 Å². The Balaban J connectivity index is 1.55. The van der Waals surface area contributed by atoms with Crippen LogP contribution in [0.2, 0.25) is 0 Å². The van der Waals surface area contributed by atoms with Crippen molar-refractivity contribution in [3.8, 4) is 0 Å². The van der Waals surface area contributed by atoms with Gasteiger partial charge in [0, 0.05) is 18.8 Å². The molecule has 1 aliphatic heterocycles. The van der Waals surface area contributed by atoms with E-state index >= 15 is 0 Å². The Morgan fingerprint density at radius 1 is 1.23 bits per heavy atom. The largest absolute Gasteiger partial charge is 0.444 e. The molecule has 2 heterocycles. The molecule has 0 N–H and O–H groups in total. The molecule has 1 saturated heterocycles. The number of piperidine rings is 1. The molecule has 0 saturated carbocycles. The lowest BCUT2D eigenvalue weighted by Crippen LogP contribution is -2.42. The molecule has 1 fully saturated rings. The number of fused-ring (bicyclic) bond motifs is 1. The number of rotatable bonds is 3. The predicted molar refractivity (Wildman–Crippen MR) is 101 cm³/mol. The molecular formula is C19H25N3O3S. The van der Waals surface area contributed by atoms with E-state index in [0.717, 1.165) is 23.9 Å². The maximum absolute atomic E-state index is 12.7. The van der Waals surface area contributed by atoms with Gasteiger partial charge in [-0.25, -0.2) is 9.78 Å². The van der Waals surface area contributed by atoms with Gasteiger partial charge in [0.15, 0.2) is 0 Å². The van der Waals surface area contributed by atoms with Crippen molar-refractivity contribution in [2.45, 2.75) is 44.2 Å². The second-order valence-electron chi connectivity index (χ2n) is 7.62. The number of hydrogen-bond donors (Lipinski definition) is 0. The van der Waals surface area contributed by atoms with Crippen LogP contribution in [0.15, 0.2) is 35.5 Å². The molecule has 140 valence electrons. The number of ether oxygens (including phenoxy) is 1. The monoisotopic (exact) mass is 375 g/mol. The van der Waals surface area contributed by atoms with Crippen LogP contribution >= 0.6 is 0 Å². The number of likely N-dealkylation sites (tertiary alicyclic amines) is 1. The van der Waals surface area contributed by atoms with Crippen molar-refractivity contribution in [2.24, 2.45) is 5.92 Å². The molecule has 7 heteroatoms. The molecule has 1 amide bonds. The zero-order valence-corrected chi connectivity index (χ0v) is 16.3. The van der Waals surface area contributed by atoms with Crippen LogP contribution in [-0.4, -0.2) is 49.6 Å². The summed E-state index contributed by atoms with van der Waals surface area (Å²) in [6.07, 6.45) is 2.99. The van der Waals surface area contributed by atoms with Gasteiger partial charge in [-0.15, -0.1) is 0 Å². The van der Waals surface area contributed by atoms with E-state index in [-0.39, 0.29) is 6.09 Å². The van der Waals surface area contributed by atoms with Gasteiger partial charge < -0.3 is 9.64 Å². The summed E-state index contributed by atoms with van der Waals surface area (Å²) in [6.45, 7) is 6.88. The van der Waals surface area contributed by atoms with E-state index in [0.29, 0.717) is 29.8 Å². The minimum Gasteiger partial charge on any atom is -0.444 e. The highest BCUT2D eigenvalue weighted by atomic mass is 32.2. The summed E-state index contributed by atoms with van der Waals surface area (Å²) >= 11 is 0. The maximum atomic E-state index is 12.7. The quantitative estimate of drug-likeness (QED) is 0.822. The highest BCUT2D eigenvalue weighted by molar-refractivity contribution is 7.84. The molecule has 26 heavy (non-hydrogen) atoms. The molecule has 2 aromatic rings. The van der Waals surface area contributed by atoms with Gasteiger partial charge in [-0.3, -0.25) is 9.19 Å². The first-order valence-electron chi connectivity index (χ1n) is 8.90. The number of carbonyl (C=O) groups excluding carboxylic acids is 1. The van der Waals surface area contributed by atoms with Gasteiger partial charge in [-0.1, -0.05) is 12.1 Å². The minimum atomic E-state index is -1.18. The molecule has 1 aromatic heterocycles. The molecule has 1 aliphatic rings. The summed E-state index contributed by atoms with van der Waals surface area (Å²) in [6, 6.07) is 7.58. The maximum Gasteiger partial charge on any atom is 0.410 e. The Morgan fingerprint density at radius 3 is 2.54 bits per heavy atom. The molecule has 0 unspecified atom stereocenters. The third kappa shape index (κ3) is 4.78. The number of amides is 1. The van der Waals surface area contributed by atoms with E-state index in [1.54, 1.807) is 11.1 Å². The second-order valence-corrected chi connectivity index (χ2v) is 9.06. The summed E-state index contributed by atoms with van der Waals surface area (Å²) < 4.78 is 18.1. The molecule has 0 aliphatic carbocycles. The van der Waals surface area contributed by atoms with E-state index in [1.807, 2.05) is 45.0 Å². The van der Waals surface area contributed by atoms with Crippen LogP contribution in [0.25, 0.3) is 11.0 Å². The molecule has 0 radical (unpaired) electrons. The van der Waals surface area contributed by atoms with Crippen molar-refractivity contribution < 1.29 is 13.7 Å². The van der Waals surface area contributed by atoms with Crippen molar-refractivity contribution in [2.75, 3.05) is 18.8 Å². The lowest BCUT2D eigenvalue weighted by molar-refractivity contribution is 0.0191. The molecule has 6 nitrogen and oxygen atoms in total. The molecule has 3 rings (SSSR count). The van der Waals surface area contributed by atoms with Gasteiger partial charge in [-0.05, 0) is 51.7 Å². The van der Waals surface area contributed by atoms with Crippen LogP contribution in [-0.2, 0) is 15.5 Å². The van der Waals surface area contributed by atoms with Gasteiger partial charge in [0.25, 0.3) is 0 Å². The van der Waals surface area contributed by atoms with Crippen molar-refractivity contribution in [3.63, 3.8) is 0 Å². The van der Waals surface area contributed by atoms with Crippen LogP contribution in [0.1, 0.15) is 33.6 Å². The van der Waals surface area contributed by atoms with Crippen LogP contribution in [0.4, 0.5) is 4.79 Å². The Bertz CT molecular complexity index is 811. The fourth-order valence-corrected chi connectivity index (χ4v) is 4.26. The van der Waals surface area contributed by atoms with E-state index in [4.69, 9.17) is 4.74 Å². The number of para-hydroxylation sites is 2. The first-order chi connectivity index (χ1) is 12.3. The van der Waals surface area contributed by atoms with Gasteiger partial charge in [-0.2, -0.15) is 0 Å². The minimum absolute atomic E-state index is 0.266. The molecule has 0 bridgehead atoms. The zero-order valence-electron chi connectivity index (χ0n) is 15.5. The Labute approximate surface area is 156 Å². The summed E-state index contributed by atoms with van der Waals surface area (Å²) in [5, 5.41) is 0.526. The highest BCUT2D eigenvalue weighted by Gasteiger charge is 2.28. The van der Waals surface area contributed by atoms with E-state index in [2.05, 4.69) is 9.97 Å². The second kappa shape index (κ2) is 7.70. The lowest BCUT2D eigenvalue weighted by Gasteiger charge is -2.33. The lowest BCUT2D eigenvalue weighted by atomic mass is 9.99. The van der Waals surface area contributed by atoms with Crippen LogP contribution in [0.3, 0.4) is 0 Å². The summed E-state index contributed by atoms with van der Waals surface area (Å²) in [7, 11) is -1.18. The van der Waals surface area contributed by atoms with Gasteiger partial charge in [0.2, 0.25) is 0 Å². The number of hydrogen-bond acceptors (Lipinski definition) is 5. The molecule has 0 spiro atoms. The van der Waals surface area contributed by atoms with Crippen molar-refractivity contribution in [3.05, 3.63) is 30.5 Å². The van der Waals surface area contributed by atoms with Crippen molar-refractivity contribution in [1.82, 2.24) is 14.9 Å². The molecule has 1 atom stereocenters. The van der Waals surface area contributed by atoms with E-state index in [9.17, 15) is 9.00 Å². The third-order valence-electron chi connectivity index (χ3n) is 4.31. The highest BCUT2D eigenvalue weighted by Crippen LogP contribution is 2.22. The Morgan fingerprint density at radius 2 is 1.88 bits per heavy atom. The smallest absolute Gasteiger partial charge is 0.410 e. The van der Waals surface area contributed by atoms with E-state index in [1.165, 1.54) is 0 Å². The summed E-state index contributed by atoms with van der Waals surface area (Å²) in [4.78, 5) is 22.7. The Kier molecular flexibility index (Phi) is 5.55. The Hall–Kier alpha value is -2.02. The van der Waals surface area contributed by atoms with Crippen molar-refractivity contribution >= 4 is 27.9 Å². The van der Waals surface area contributed by atoms with Gasteiger partial charge >= 0.3 is 6.09 Å². The topological polar surface area (TPSA) is 72.4 Å². The molecule has 1 aromatic carbocycles. The van der Waals surface area contributed by atoms with E-state index < -0.39 is 16.4 Å².